The van der Waals surface area contributed by atoms with Crippen LogP contribution in [0.15, 0.2) is 42.5 Å². The van der Waals surface area contributed by atoms with Crippen molar-refractivity contribution in [2.45, 2.75) is 6.61 Å². The van der Waals surface area contributed by atoms with Gasteiger partial charge in [-0.2, -0.15) is 0 Å². The molecule has 0 fully saturated rings. The van der Waals surface area contributed by atoms with Crippen molar-refractivity contribution in [3.05, 3.63) is 59.4 Å². The monoisotopic (exact) mass is 274 g/mol. The van der Waals surface area contributed by atoms with Crippen LogP contribution in [-0.2, 0) is 6.61 Å². The summed E-state index contributed by atoms with van der Waals surface area (Å²) in [6, 6.07) is 11.7. The van der Waals surface area contributed by atoms with Crippen LogP contribution >= 0.6 is 0 Å². The smallest absolute Gasteiger partial charge is 0.137 e. The molecule has 0 unspecified atom stereocenters. The highest BCUT2D eigenvalue weighted by molar-refractivity contribution is 5.97. The van der Waals surface area contributed by atoms with E-state index in [2.05, 4.69) is 0 Å². The van der Waals surface area contributed by atoms with Gasteiger partial charge in [-0.3, -0.25) is 5.41 Å². The summed E-state index contributed by atoms with van der Waals surface area (Å²) in [5, 5.41) is 7.41. The Bertz CT molecular complexity index is 629. The summed E-state index contributed by atoms with van der Waals surface area (Å²) in [5.41, 5.74) is 6.18. The summed E-state index contributed by atoms with van der Waals surface area (Å²) in [7, 11) is 1.57. The number of ether oxygens (including phenoxy) is 2. The molecule has 2 rings (SSSR count). The Labute approximate surface area is 116 Å². The highest BCUT2D eigenvalue weighted by Crippen LogP contribution is 2.24. The van der Waals surface area contributed by atoms with Crippen LogP contribution in [0.4, 0.5) is 4.39 Å². The molecule has 0 atom stereocenters. The topological polar surface area (TPSA) is 68.3 Å². The minimum absolute atomic E-state index is 0.0256. The summed E-state index contributed by atoms with van der Waals surface area (Å²) in [6.45, 7) is 0.202. The number of hydrogen-bond donors (Lipinski definition) is 2. The van der Waals surface area contributed by atoms with Gasteiger partial charge in [-0.1, -0.05) is 24.3 Å². The van der Waals surface area contributed by atoms with Crippen LogP contribution in [0, 0.1) is 11.2 Å². The fourth-order valence-corrected chi connectivity index (χ4v) is 1.86. The Balaban J connectivity index is 2.23. The standard InChI is InChI=1S/C15H15FN2O2/c1-19-12-7-3-2-5-10(12)9-20-13-8-4-6-11(16)14(13)15(17)18/h2-8H,9H2,1H3,(H3,17,18). The van der Waals surface area contributed by atoms with Crippen molar-refractivity contribution in [1.82, 2.24) is 0 Å². The molecule has 4 nitrogen and oxygen atoms in total. The van der Waals surface area contributed by atoms with Crippen LogP contribution in [0.3, 0.4) is 0 Å². The van der Waals surface area contributed by atoms with Gasteiger partial charge in [0.15, 0.2) is 0 Å². The average molecular weight is 274 g/mol. The highest BCUT2D eigenvalue weighted by Gasteiger charge is 2.13. The molecular weight excluding hydrogens is 259 g/mol. The molecule has 0 amide bonds. The lowest BCUT2D eigenvalue weighted by Gasteiger charge is -2.13. The summed E-state index contributed by atoms with van der Waals surface area (Å²) in [5.74, 6) is -0.00941. The second kappa shape index (κ2) is 6.06. The van der Waals surface area contributed by atoms with E-state index in [9.17, 15) is 4.39 Å². The maximum Gasteiger partial charge on any atom is 0.137 e. The van der Waals surface area contributed by atoms with Crippen molar-refractivity contribution in [3.8, 4) is 11.5 Å². The first-order chi connectivity index (χ1) is 9.63. The van der Waals surface area contributed by atoms with E-state index >= 15 is 0 Å². The van der Waals surface area contributed by atoms with E-state index in [0.29, 0.717) is 5.75 Å². The molecule has 20 heavy (non-hydrogen) atoms. The first-order valence-electron chi connectivity index (χ1n) is 6.01. The van der Waals surface area contributed by atoms with E-state index in [4.69, 9.17) is 20.6 Å². The summed E-state index contributed by atoms with van der Waals surface area (Å²) >= 11 is 0. The van der Waals surface area contributed by atoms with Gasteiger partial charge < -0.3 is 15.2 Å². The second-order valence-electron chi connectivity index (χ2n) is 4.13. The molecule has 0 spiro atoms. The maximum absolute atomic E-state index is 13.6. The average Bonchev–Trinajstić information content (AvgIpc) is 2.45. The van der Waals surface area contributed by atoms with Gasteiger partial charge in [0.25, 0.3) is 0 Å². The van der Waals surface area contributed by atoms with Crippen LogP contribution in [0.1, 0.15) is 11.1 Å². The molecule has 0 saturated carbocycles. The Hall–Kier alpha value is -2.56. The number of amidine groups is 1. The number of nitrogens with one attached hydrogen (secondary N) is 1. The maximum atomic E-state index is 13.6. The first kappa shape index (κ1) is 13.9. The second-order valence-corrected chi connectivity index (χ2v) is 4.13. The largest absolute Gasteiger partial charge is 0.496 e. The normalized spacial score (nSPS) is 10.1. The Morgan fingerprint density at radius 1 is 1.15 bits per heavy atom. The molecule has 104 valence electrons. The quantitative estimate of drug-likeness (QED) is 0.650. The molecule has 0 heterocycles. The molecule has 0 aliphatic carbocycles. The lowest BCUT2D eigenvalue weighted by molar-refractivity contribution is 0.294. The number of nitrogens with two attached hydrogens (primary N) is 1. The summed E-state index contributed by atoms with van der Waals surface area (Å²) < 4.78 is 24.4. The number of methoxy groups -OCH3 is 1. The molecule has 2 aromatic rings. The third-order valence-corrected chi connectivity index (χ3v) is 2.82. The molecule has 3 N–H and O–H groups in total. The predicted octanol–water partition coefficient (Wildman–Crippen LogP) is 2.70. The zero-order chi connectivity index (χ0) is 14.5. The molecule has 0 bridgehead atoms. The van der Waals surface area contributed by atoms with Gasteiger partial charge in [0.2, 0.25) is 0 Å². The summed E-state index contributed by atoms with van der Waals surface area (Å²) in [4.78, 5) is 0. The van der Waals surface area contributed by atoms with Crippen LogP contribution in [0.5, 0.6) is 11.5 Å². The lowest BCUT2D eigenvalue weighted by Crippen LogP contribution is -2.15. The number of nitrogen functional groups attached to an aromatic ring is 1. The van der Waals surface area contributed by atoms with Crippen LogP contribution in [0.25, 0.3) is 0 Å². The van der Waals surface area contributed by atoms with E-state index in [0.717, 1.165) is 5.56 Å². The van der Waals surface area contributed by atoms with E-state index in [1.54, 1.807) is 13.2 Å². The first-order valence-corrected chi connectivity index (χ1v) is 6.01. The number of rotatable bonds is 5. The molecule has 2 aromatic carbocycles. The minimum Gasteiger partial charge on any atom is -0.496 e. The third-order valence-electron chi connectivity index (χ3n) is 2.82. The van der Waals surface area contributed by atoms with Crippen molar-refractivity contribution in [1.29, 1.82) is 5.41 Å². The SMILES string of the molecule is COc1ccccc1COc1cccc(F)c1C(=N)N. The lowest BCUT2D eigenvalue weighted by atomic mass is 10.1. The van der Waals surface area contributed by atoms with Gasteiger partial charge in [0.05, 0.1) is 12.7 Å². The van der Waals surface area contributed by atoms with Crippen LogP contribution in [-0.4, -0.2) is 12.9 Å². The molecule has 0 aromatic heterocycles. The molecule has 5 heteroatoms. The van der Waals surface area contributed by atoms with Gasteiger partial charge in [-0.05, 0) is 18.2 Å². The number of para-hydroxylation sites is 1. The molecule has 0 radical (unpaired) electrons. The van der Waals surface area contributed by atoms with Crippen molar-refractivity contribution in [3.63, 3.8) is 0 Å². The van der Waals surface area contributed by atoms with Crippen molar-refractivity contribution in [2.24, 2.45) is 5.73 Å². The molecular formula is C15H15FN2O2. The fraction of sp³-hybridized carbons (Fsp3) is 0.133. The van der Waals surface area contributed by atoms with Crippen molar-refractivity contribution < 1.29 is 13.9 Å². The van der Waals surface area contributed by atoms with Crippen molar-refractivity contribution in [2.75, 3.05) is 7.11 Å². The van der Waals surface area contributed by atoms with Crippen LogP contribution < -0.4 is 15.2 Å². The minimum atomic E-state index is -0.574. The van der Waals surface area contributed by atoms with Gasteiger partial charge in [-0.15, -0.1) is 0 Å². The van der Waals surface area contributed by atoms with Gasteiger partial charge in [0, 0.05) is 5.56 Å². The molecule has 0 aliphatic heterocycles. The molecule has 0 aliphatic rings. The van der Waals surface area contributed by atoms with Gasteiger partial charge >= 0.3 is 0 Å². The Morgan fingerprint density at radius 3 is 2.55 bits per heavy atom. The van der Waals surface area contributed by atoms with E-state index in [1.807, 2.05) is 24.3 Å². The van der Waals surface area contributed by atoms with Crippen molar-refractivity contribution >= 4 is 5.84 Å². The molecule has 0 saturated heterocycles. The van der Waals surface area contributed by atoms with E-state index in [1.165, 1.54) is 12.1 Å². The number of hydrogen-bond acceptors (Lipinski definition) is 3. The van der Waals surface area contributed by atoms with Gasteiger partial charge in [-0.25, -0.2) is 4.39 Å². The van der Waals surface area contributed by atoms with E-state index in [-0.39, 0.29) is 23.8 Å². The Kier molecular flexibility index (Phi) is 4.20. The number of halogens is 1. The van der Waals surface area contributed by atoms with E-state index < -0.39 is 5.82 Å². The van der Waals surface area contributed by atoms with Crippen LogP contribution in [0.2, 0.25) is 0 Å². The zero-order valence-corrected chi connectivity index (χ0v) is 11.0. The third kappa shape index (κ3) is 2.88. The fourth-order valence-electron chi connectivity index (χ4n) is 1.86. The predicted molar refractivity (Wildman–Crippen MR) is 74.7 cm³/mol. The highest BCUT2D eigenvalue weighted by atomic mass is 19.1. The van der Waals surface area contributed by atoms with Gasteiger partial charge in [0.1, 0.15) is 29.8 Å². The number of benzene rings is 2. The summed E-state index contributed by atoms with van der Waals surface area (Å²) in [6.07, 6.45) is 0. The Morgan fingerprint density at radius 2 is 1.85 bits per heavy atom. The zero-order valence-electron chi connectivity index (χ0n) is 11.0.